The van der Waals surface area contributed by atoms with Crippen LogP contribution in [0.3, 0.4) is 0 Å². The maximum Gasteiger partial charge on any atom is 0.335 e. The van der Waals surface area contributed by atoms with Crippen molar-refractivity contribution < 1.29 is 23.8 Å². The summed E-state index contributed by atoms with van der Waals surface area (Å²) in [5, 5.41) is 19.7. The molecule has 42 heavy (non-hydrogen) atoms. The highest BCUT2D eigenvalue weighted by Gasteiger charge is 2.25. The number of aromatic carboxylic acids is 1. The first kappa shape index (κ1) is 28.2. The number of likely N-dealkylation sites (tertiary alicyclic amines) is 1. The standard InChI is InChI=1S/C31H30FN5O4S/c32-25-14-20(16-33)4-7-28(25)41-19-22-2-1-3-30(34-22)42-24-8-11-36(12-9-24)18-29-35-26-6-5-21(31(38)39)15-27(26)37(29)17-23-10-13-40-23/h1-7,14-15,23-24H,8-13,17-19H2,(H,38,39)/t23-/m0/s1. The second kappa shape index (κ2) is 12.5. The third kappa shape index (κ3) is 6.41. The van der Waals surface area contributed by atoms with Gasteiger partial charge >= 0.3 is 5.97 Å². The number of piperidine rings is 1. The van der Waals surface area contributed by atoms with Gasteiger partial charge in [0.2, 0.25) is 0 Å². The number of hydrogen-bond acceptors (Lipinski definition) is 8. The summed E-state index contributed by atoms with van der Waals surface area (Å²) in [6.07, 6.45) is 3.12. The first-order chi connectivity index (χ1) is 20.4. The Balaban J connectivity index is 1.06. The molecule has 4 aromatic rings. The molecule has 1 atom stereocenters. The highest BCUT2D eigenvalue weighted by molar-refractivity contribution is 7.99. The van der Waals surface area contributed by atoms with Crippen LogP contribution in [0.1, 0.15) is 46.7 Å². The van der Waals surface area contributed by atoms with E-state index < -0.39 is 11.8 Å². The molecule has 0 spiro atoms. The van der Waals surface area contributed by atoms with Crippen LogP contribution in [-0.2, 0) is 24.4 Å². The van der Waals surface area contributed by atoms with E-state index in [-0.39, 0.29) is 29.6 Å². The number of thioether (sulfide) groups is 1. The molecule has 6 rings (SSSR count). The molecule has 0 saturated carbocycles. The zero-order valence-electron chi connectivity index (χ0n) is 22.9. The van der Waals surface area contributed by atoms with Crippen molar-refractivity contribution in [1.82, 2.24) is 19.4 Å². The molecule has 4 heterocycles. The molecule has 11 heteroatoms. The van der Waals surface area contributed by atoms with Crippen molar-refractivity contribution in [3.63, 3.8) is 0 Å². The summed E-state index contributed by atoms with van der Waals surface area (Å²) in [6.45, 7) is 4.10. The quantitative estimate of drug-likeness (QED) is 0.265. The summed E-state index contributed by atoms with van der Waals surface area (Å²) in [6, 6.07) is 16.9. The molecule has 0 aliphatic carbocycles. The van der Waals surface area contributed by atoms with Crippen molar-refractivity contribution in [2.24, 2.45) is 0 Å². The number of nitriles is 1. The Morgan fingerprint density at radius 3 is 2.69 bits per heavy atom. The third-order valence-corrected chi connectivity index (χ3v) is 8.93. The van der Waals surface area contributed by atoms with E-state index in [1.807, 2.05) is 24.3 Å². The van der Waals surface area contributed by atoms with E-state index in [4.69, 9.17) is 24.7 Å². The SMILES string of the molecule is N#Cc1ccc(OCc2cccc(SC3CCN(Cc4nc5ccc(C(=O)O)cc5n4C[C@@H]4CCO4)CC3)n2)c(F)c1. The van der Waals surface area contributed by atoms with Crippen molar-refractivity contribution in [2.45, 2.75) is 55.3 Å². The van der Waals surface area contributed by atoms with Crippen LogP contribution in [0.2, 0.25) is 0 Å². The summed E-state index contributed by atoms with van der Waals surface area (Å²) in [4.78, 5) is 23.6. The number of rotatable bonds is 10. The molecule has 2 aliphatic rings. The number of benzene rings is 2. The topological polar surface area (TPSA) is 114 Å². The van der Waals surface area contributed by atoms with Gasteiger partial charge in [-0.2, -0.15) is 5.26 Å². The fourth-order valence-electron chi connectivity index (χ4n) is 5.26. The van der Waals surface area contributed by atoms with Gasteiger partial charge in [0, 0.05) is 11.9 Å². The van der Waals surface area contributed by atoms with Crippen molar-refractivity contribution in [1.29, 1.82) is 5.26 Å². The van der Waals surface area contributed by atoms with Crippen LogP contribution in [-0.4, -0.2) is 61.6 Å². The smallest absolute Gasteiger partial charge is 0.335 e. The Kier molecular flexibility index (Phi) is 8.37. The lowest BCUT2D eigenvalue weighted by atomic mass is 10.1. The number of carbonyl (C=O) groups is 1. The molecule has 0 bridgehead atoms. The molecule has 2 aromatic heterocycles. The Labute approximate surface area is 246 Å². The lowest BCUT2D eigenvalue weighted by Gasteiger charge is -2.32. The maximum atomic E-state index is 14.2. The maximum absolute atomic E-state index is 14.2. The molecule has 9 nitrogen and oxygen atoms in total. The fraction of sp³-hybridized carbons (Fsp3) is 0.355. The van der Waals surface area contributed by atoms with Gasteiger partial charge in [0.05, 0.1) is 58.1 Å². The predicted molar refractivity (Wildman–Crippen MR) is 155 cm³/mol. The molecule has 1 N–H and O–H groups in total. The zero-order chi connectivity index (χ0) is 29.1. The number of ether oxygens (including phenoxy) is 2. The van der Waals surface area contributed by atoms with Gasteiger partial charge in [-0.3, -0.25) is 4.90 Å². The number of aromatic nitrogens is 3. The third-order valence-electron chi connectivity index (χ3n) is 7.66. The normalized spacial score (nSPS) is 17.6. The Morgan fingerprint density at radius 1 is 1.14 bits per heavy atom. The van der Waals surface area contributed by atoms with E-state index in [1.54, 1.807) is 30.0 Å². The molecule has 0 amide bonds. The van der Waals surface area contributed by atoms with E-state index in [1.165, 1.54) is 12.1 Å². The molecule has 216 valence electrons. The molecule has 2 aliphatic heterocycles. The second-order valence-electron chi connectivity index (χ2n) is 10.5. The number of halogens is 1. The van der Waals surface area contributed by atoms with Gasteiger partial charge in [0.25, 0.3) is 0 Å². The van der Waals surface area contributed by atoms with Gasteiger partial charge in [0.1, 0.15) is 12.4 Å². The van der Waals surface area contributed by atoms with E-state index in [0.29, 0.717) is 24.0 Å². The van der Waals surface area contributed by atoms with Crippen LogP contribution >= 0.6 is 11.8 Å². The number of fused-ring (bicyclic) bond motifs is 1. The number of carboxylic acid groups (broad SMARTS) is 1. The Morgan fingerprint density at radius 2 is 1.98 bits per heavy atom. The van der Waals surface area contributed by atoms with Crippen molar-refractivity contribution in [3.05, 3.63) is 83.1 Å². The summed E-state index contributed by atoms with van der Waals surface area (Å²) in [7, 11) is 0. The van der Waals surface area contributed by atoms with Crippen LogP contribution in [0.25, 0.3) is 11.0 Å². The van der Waals surface area contributed by atoms with Crippen LogP contribution in [0.15, 0.2) is 59.6 Å². The number of pyridine rings is 1. The highest BCUT2D eigenvalue weighted by Crippen LogP contribution is 2.31. The summed E-state index contributed by atoms with van der Waals surface area (Å²) >= 11 is 1.75. The van der Waals surface area contributed by atoms with E-state index in [9.17, 15) is 14.3 Å². The Hall–Kier alpha value is -3.98. The van der Waals surface area contributed by atoms with Gasteiger partial charge in [-0.1, -0.05) is 6.07 Å². The van der Waals surface area contributed by atoms with Crippen LogP contribution in [0.5, 0.6) is 5.75 Å². The van der Waals surface area contributed by atoms with Crippen LogP contribution in [0, 0.1) is 17.1 Å². The number of nitrogens with zero attached hydrogens (tertiary/aromatic N) is 5. The van der Waals surface area contributed by atoms with Gasteiger partial charge in [-0.25, -0.2) is 19.2 Å². The minimum atomic E-state index is -0.946. The lowest BCUT2D eigenvalue weighted by Crippen LogP contribution is -2.36. The highest BCUT2D eigenvalue weighted by atomic mass is 32.2. The van der Waals surface area contributed by atoms with Crippen molar-refractivity contribution >= 4 is 28.8 Å². The second-order valence-corrected chi connectivity index (χ2v) is 11.9. The first-order valence-corrected chi connectivity index (χ1v) is 14.8. The molecule has 2 saturated heterocycles. The molecular formula is C31H30FN5O4S. The van der Waals surface area contributed by atoms with Crippen molar-refractivity contribution in [3.8, 4) is 11.8 Å². The van der Waals surface area contributed by atoms with E-state index in [0.717, 1.165) is 66.9 Å². The largest absolute Gasteiger partial charge is 0.484 e. The van der Waals surface area contributed by atoms with Crippen molar-refractivity contribution in [2.75, 3.05) is 19.7 Å². The van der Waals surface area contributed by atoms with E-state index >= 15 is 0 Å². The number of imidazole rings is 1. The fourth-order valence-corrected chi connectivity index (χ4v) is 6.38. The number of carboxylic acids is 1. The average Bonchev–Trinajstić information content (AvgIpc) is 3.31. The summed E-state index contributed by atoms with van der Waals surface area (Å²) < 4.78 is 27.6. The minimum absolute atomic E-state index is 0.0947. The van der Waals surface area contributed by atoms with Crippen LogP contribution in [0.4, 0.5) is 4.39 Å². The van der Waals surface area contributed by atoms with Gasteiger partial charge < -0.3 is 19.1 Å². The molecular weight excluding hydrogens is 557 g/mol. The predicted octanol–water partition coefficient (Wildman–Crippen LogP) is 5.26. The molecule has 0 radical (unpaired) electrons. The lowest BCUT2D eigenvalue weighted by molar-refractivity contribution is -0.0592. The Bertz CT molecular complexity index is 1640. The number of hydrogen-bond donors (Lipinski definition) is 1. The molecule has 0 unspecified atom stereocenters. The zero-order valence-corrected chi connectivity index (χ0v) is 23.7. The molecule has 2 aromatic carbocycles. The average molecular weight is 588 g/mol. The molecule has 2 fully saturated rings. The minimum Gasteiger partial charge on any atom is -0.484 e. The van der Waals surface area contributed by atoms with E-state index in [2.05, 4.69) is 9.47 Å². The first-order valence-electron chi connectivity index (χ1n) is 14.0. The van der Waals surface area contributed by atoms with Gasteiger partial charge in [0.15, 0.2) is 11.6 Å². The summed E-state index contributed by atoms with van der Waals surface area (Å²) in [5.41, 5.74) is 2.85. The van der Waals surface area contributed by atoms with Crippen LogP contribution < -0.4 is 4.74 Å². The summed E-state index contributed by atoms with van der Waals surface area (Å²) in [5.74, 6) is -0.485. The van der Waals surface area contributed by atoms with Gasteiger partial charge in [-0.15, -0.1) is 11.8 Å². The monoisotopic (exact) mass is 587 g/mol. The van der Waals surface area contributed by atoms with Gasteiger partial charge in [-0.05, 0) is 80.9 Å².